The maximum Gasteiger partial charge on any atom is 0.282 e. The van der Waals surface area contributed by atoms with Crippen LogP contribution in [0.4, 0.5) is 5.69 Å². The van der Waals surface area contributed by atoms with Gasteiger partial charge < -0.3 is 5.32 Å². The molecule has 1 N–H and O–H groups in total. The molecule has 0 spiro atoms. The summed E-state index contributed by atoms with van der Waals surface area (Å²) in [6.45, 7) is 3.58. The summed E-state index contributed by atoms with van der Waals surface area (Å²) in [5, 5.41) is 11.8. The Bertz CT molecular complexity index is 884. The molecule has 1 atom stereocenters. The van der Waals surface area contributed by atoms with E-state index in [1.54, 1.807) is 39.9 Å². The molecular formula is C21H31N5O3S. The highest BCUT2D eigenvalue weighted by Gasteiger charge is 2.36. The number of benzene rings is 1. The molecule has 1 aromatic rings. The molecule has 1 heterocycles. The minimum absolute atomic E-state index is 0.0932. The van der Waals surface area contributed by atoms with E-state index in [9.17, 15) is 13.2 Å². The first-order valence-corrected chi connectivity index (χ1v) is 12.0. The average molecular weight is 434 g/mol. The van der Waals surface area contributed by atoms with E-state index in [2.05, 4.69) is 11.4 Å². The smallest absolute Gasteiger partial charge is 0.282 e. The molecule has 1 aliphatic carbocycles. The highest BCUT2D eigenvalue weighted by molar-refractivity contribution is 7.86. The Hall–Kier alpha value is -1.99. The van der Waals surface area contributed by atoms with Crippen molar-refractivity contribution in [2.75, 3.05) is 38.5 Å². The number of nitrogens with one attached hydrogen (secondary N) is 1. The van der Waals surface area contributed by atoms with Gasteiger partial charge in [0.25, 0.3) is 10.2 Å². The van der Waals surface area contributed by atoms with Crippen molar-refractivity contribution in [1.82, 2.24) is 13.5 Å². The van der Waals surface area contributed by atoms with E-state index in [0.29, 0.717) is 37.4 Å². The molecular weight excluding hydrogens is 402 g/mol. The third-order valence-electron chi connectivity index (χ3n) is 6.24. The number of nitriles is 1. The summed E-state index contributed by atoms with van der Waals surface area (Å²) >= 11 is 0. The van der Waals surface area contributed by atoms with Gasteiger partial charge in [0, 0.05) is 45.0 Å². The molecule has 1 unspecified atom stereocenters. The van der Waals surface area contributed by atoms with Crippen molar-refractivity contribution in [3.8, 4) is 6.07 Å². The van der Waals surface area contributed by atoms with Crippen molar-refractivity contribution >= 4 is 21.8 Å². The van der Waals surface area contributed by atoms with Gasteiger partial charge in [-0.05, 0) is 38.0 Å². The lowest BCUT2D eigenvalue weighted by Gasteiger charge is -2.40. The molecule has 1 amide bonds. The van der Waals surface area contributed by atoms with Crippen molar-refractivity contribution in [2.45, 2.75) is 51.1 Å². The van der Waals surface area contributed by atoms with Crippen LogP contribution in [0.2, 0.25) is 0 Å². The average Bonchev–Trinajstić information content (AvgIpc) is 2.78. The highest BCUT2D eigenvalue weighted by atomic mass is 32.2. The second-order valence-electron chi connectivity index (χ2n) is 8.11. The number of rotatable bonds is 6. The van der Waals surface area contributed by atoms with Gasteiger partial charge in [0.15, 0.2) is 0 Å². The summed E-state index contributed by atoms with van der Waals surface area (Å²) in [5.74, 6) is -0.166. The van der Waals surface area contributed by atoms with E-state index >= 15 is 0 Å². The van der Waals surface area contributed by atoms with Gasteiger partial charge in [-0.3, -0.25) is 9.69 Å². The third kappa shape index (κ3) is 5.19. The highest BCUT2D eigenvalue weighted by Crippen LogP contribution is 2.25. The summed E-state index contributed by atoms with van der Waals surface area (Å²) in [6, 6.07) is 8.55. The largest absolute Gasteiger partial charge is 0.325 e. The minimum atomic E-state index is -3.48. The normalized spacial score (nSPS) is 20.6. The van der Waals surface area contributed by atoms with Crippen LogP contribution in [-0.4, -0.2) is 73.1 Å². The molecule has 8 nitrogen and oxygen atoms in total. The zero-order valence-corrected chi connectivity index (χ0v) is 18.6. The molecule has 2 fully saturated rings. The van der Waals surface area contributed by atoms with Gasteiger partial charge in [0.05, 0.1) is 17.7 Å². The zero-order chi connectivity index (χ0) is 21.7. The van der Waals surface area contributed by atoms with Gasteiger partial charge in [0.2, 0.25) is 5.91 Å². The van der Waals surface area contributed by atoms with Crippen LogP contribution in [0.1, 0.15) is 44.6 Å². The summed E-state index contributed by atoms with van der Waals surface area (Å²) in [5.41, 5.74) is 1.07. The van der Waals surface area contributed by atoms with Crippen LogP contribution >= 0.6 is 0 Å². The molecule has 0 bridgehead atoms. The SMILES string of the molecule is CC(C(=O)Nc1cccc(C#N)c1)N1CCN(S(=O)(=O)N(C)C2CCCCC2)CC1. The fourth-order valence-corrected chi connectivity index (χ4v) is 5.79. The Balaban J connectivity index is 1.55. The van der Waals surface area contributed by atoms with Crippen LogP contribution in [0, 0.1) is 11.3 Å². The second kappa shape index (κ2) is 9.88. The van der Waals surface area contributed by atoms with Gasteiger partial charge in [-0.15, -0.1) is 0 Å². The van der Waals surface area contributed by atoms with Crippen LogP contribution in [0.5, 0.6) is 0 Å². The number of anilines is 1. The maximum absolute atomic E-state index is 13.0. The van der Waals surface area contributed by atoms with E-state index in [4.69, 9.17) is 5.26 Å². The first-order valence-electron chi connectivity index (χ1n) is 10.6. The lowest BCUT2D eigenvalue weighted by molar-refractivity contribution is -0.121. The van der Waals surface area contributed by atoms with Crippen LogP contribution in [0.3, 0.4) is 0 Å². The molecule has 9 heteroatoms. The van der Waals surface area contributed by atoms with Crippen LogP contribution in [-0.2, 0) is 15.0 Å². The fourth-order valence-electron chi connectivity index (χ4n) is 4.22. The number of piperazine rings is 1. The van der Waals surface area contributed by atoms with Crippen molar-refractivity contribution in [3.05, 3.63) is 29.8 Å². The number of hydrogen-bond donors (Lipinski definition) is 1. The second-order valence-corrected chi connectivity index (χ2v) is 10.1. The molecule has 2 aliphatic rings. The van der Waals surface area contributed by atoms with E-state index in [-0.39, 0.29) is 11.9 Å². The molecule has 0 radical (unpaired) electrons. The summed E-state index contributed by atoms with van der Waals surface area (Å²) < 4.78 is 29.1. The molecule has 164 valence electrons. The van der Waals surface area contributed by atoms with Gasteiger partial charge in [-0.2, -0.15) is 22.3 Å². The Morgan fingerprint density at radius 3 is 2.50 bits per heavy atom. The quantitative estimate of drug-likeness (QED) is 0.740. The maximum atomic E-state index is 13.0. The van der Waals surface area contributed by atoms with Crippen molar-refractivity contribution < 1.29 is 13.2 Å². The van der Waals surface area contributed by atoms with E-state index in [0.717, 1.165) is 25.7 Å². The Morgan fingerprint density at radius 1 is 1.20 bits per heavy atom. The van der Waals surface area contributed by atoms with Crippen LogP contribution in [0.15, 0.2) is 24.3 Å². The van der Waals surface area contributed by atoms with E-state index in [1.165, 1.54) is 6.42 Å². The molecule has 3 rings (SSSR count). The van der Waals surface area contributed by atoms with Gasteiger partial charge in [-0.1, -0.05) is 25.3 Å². The molecule has 1 saturated heterocycles. The monoisotopic (exact) mass is 433 g/mol. The fraction of sp³-hybridized carbons (Fsp3) is 0.619. The molecule has 1 aromatic carbocycles. The number of hydrogen-bond acceptors (Lipinski definition) is 5. The third-order valence-corrected chi connectivity index (χ3v) is 8.28. The van der Waals surface area contributed by atoms with Crippen molar-refractivity contribution in [3.63, 3.8) is 0 Å². The number of carbonyl (C=O) groups is 1. The van der Waals surface area contributed by atoms with Crippen LogP contribution < -0.4 is 5.32 Å². The summed E-state index contributed by atoms with van der Waals surface area (Å²) in [6.07, 6.45) is 5.22. The van der Waals surface area contributed by atoms with E-state index in [1.807, 2.05) is 11.8 Å². The van der Waals surface area contributed by atoms with Gasteiger partial charge in [0.1, 0.15) is 0 Å². The van der Waals surface area contributed by atoms with Crippen LogP contribution in [0.25, 0.3) is 0 Å². The predicted octanol–water partition coefficient (Wildman–Crippen LogP) is 2.01. The number of carbonyl (C=O) groups excluding carboxylic acids is 1. The summed E-state index contributed by atoms with van der Waals surface area (Å²) in [7, 11) is -1.78. The Morgan fingerprint density at radius 2 is 1.87 bits per heavy atom. The topological polar surface area (TPSA) is 96.7 Å². The lowest BCUT2D eigenvalue weighted by atomic mass is 9.96. The molecule has 30 heavy (non-hydrogen) atoms. The first kappa shape index (κ1) is 22.7. The number of amides is 1. The lowest BCUT2D eigenvalue weighted by Crippen LogP contribution is -2.57. The zero-order valence-electron chi connectivity index (χ0n) is 17.7. The molecule has 1 aliphatic heterocycles. The van der Waals surface area contributed by atoms with Crippen molar-refractivity contribution in [1.29, 1.82) is 5.26 Å². The van der Waals surface area contributed by atoms with Gasteiger partial charge in [-0.25, -0.2) is 0 Å². The molecule has 0 aromatic heterocycles. The standard InChI is InChI=1S/C21H31N5O3S/c1-17(21(27)23-19-8-6-7-18(15-19)16-22)25-11-13-26(14-12-25)30(28,29)24(2)20-9-4-3-5-10-20/h6-8,15,17,20H,3-5,9-14H2,1-2H3,(H,23,27). The Labute approximate surface area is 179 Å². The van der Waals surface area contributed by atoms with E-state index < -0.39 is 16.3 Å². The summed E-state index contributed by atoms with van der Waals surface area (Å²) in [4.78, 5) is 14.6. The minimum Gasteiger partial charge on any atom is -0.325 e. The van der Waals surface area contributed by atoms with Crippen molar-refractivity contribution in [2.24, 2.45) is 0 Å². The number of nitrogens with zero attached hydrogens (tertiary/aromatic N) is 4. The first-order chi connectivity index (χ1) is 14.3. The van der Waals surface area contributed by atoms with Gasteiger partial charge >= 0.3 is 0 Å². The predicted molar refractivity (Wildman–Crippen MR) is 116 cm³/mol. The Kier molecular flexibility index (Phi) is 7.47. The molecule has 1 saturated carbocycles.